The Balaban J connectivity index is 1.63. The first-order valence-electron chi connectivity index (χ1n) is 9.17. The van der Waals surface area contributed by atoms with E-state index >= 15 is 0 Å². The number of aromatic nitrogens is 6. The fourth-order valence-corrected chi connectivity index (χ4v) is 4.05. The van der Waals surface area contributed by atoms with E-state index in [0.717, 1.165) is 11.3 Å². The maximum atomic E-state index is 12.8. The maximum absolute atomic E-state index is 12.8. The highest BCUT2D eigenvalue weighted by atomic mass is 35.5. The second kappa shape index (κ2) is 8.24. The number of nitro groups is 1. The number of rotatable bonds is 5. The van der Waals surface area contributed by atoms with E-state index in [0.29, 0.717) is 26.8 Å². The zero-order chi connectivity index (χ0) is 23.1. The van der Waals surface area contributed by atoms with Crippen LogP contribution in [0.3, 0.4) is 0 Å². The third-order valence-electron chi connectivity index (χ3n) is 4.45. The second-order valence-corrected chi connectivity index (χ2v) is 8.53. The van der Waals surface area contributed by atoms with Crippen molar-refractivity contribution in [3.05, 3.63) is 80.0 Å². The molecule has 0 saturated heterocycles. The predicted molar refractivity (Wildman–Crippen MR) is 123 cm³/mol. The number of carbonyl (C=O) groups excluding carboxylic acids is 1. The first kappa shape index (κ1) is 21.0. The summed E-state index contributed by atoms with van der Waals surface area (Å²) in [5.41, 5.74) is 1.02. The minimum Gasteiger partial charge on any atom is -0.305 e. The summed E-state index contributed by atoms with van der Waals surface area (Å²) >= 11 is 12.9. The molecule has 4 heterocycles. The van der Waals surface area contributed by atoms with Crippen molar-refractivity contribution in [3.63, 3.8) is 0 Å². The summed E-state index contributed by atoms with van der Waals surface area (Å²) in [6, 6.07) is 9.66. The Labute approximate surface area is 198 Å². The summed E-state index contributed by atoms with van der Waals surface area (Å²) in [5.74, 6) is -0.283. The lowest BCUT2D eigenvalue weighted by molar-refractivity contribution is -0.380. The standard InChI is InChI=1S/C19H10Cl2N8O3S/c20-10-2-1-3-12(6-10)28-17-13(8-23-28)16(25-19(26-17)27-9-11(21)7-22-27)24-18(30)14-4-5-15(33-14)29(31)32/h1-9H,(H,24,25,26,30). The van der Waals surface area contributed by atoms with Crippen LogP contribution in [0.25, 0.3) is 22.7 Å². The van der Waals surface area contributed by atoms with Gasteiger partial charge >= 0.3 is 5.00 Å². The van der Waals surface area contributed by atoms with E-state index in [2.05, 4.69) is 25.5 Å². The van der Waals surface area contributed by atoms with Gasteiger partial charge in [-0.2, -0.15) is 20.2 Å². The fraction of sp³-hybridized carbons (Fsp3) is 0. The van der Waals surface area contributed by atoms with E-state index < -0.39 is 10.8 Å². The molecule has 14 heteroatoms. The quantitative estimate of drug-likeness (QED) is 0.276. The molecule has 164 valence electrons. The summed E-state index contributed by atoms with van der Waals surface area (Å²) in [6.07, 6.45) is 4.44. The van der Waals surface area contributed by atoms with Gasteiger partial charge in [0.15, 0.2) is 5.65 Å². The molecule has 0 aliphatic rings. The predicted octanol–water partition coefficient (Wildman–Crippen LogP) is 4.53. The van der Waals surface area contributed by atoms with Crippen LogP contribution in [0.1, 0.15) is 9.67 Å². The van der Waals surface area contributed by atoms with Crippen LogP contribution in [0.4, 0.5) is 10.8 Å². The first-order chi connectivity index (χ1) is 15.9. The van der Waals surface area contributed by atoms with Crippen molar-refractivity contribution < 1.29 is 9.72 Å². The molecule has 11 nitrogen and oxygen atoms in total. The Morgan fingerprint density at radius 1 is 1.09 bits per heavy atom. The number of anilines is 1. The van der Waals surface area contributed by atoms with Crippen LogP contribution in [0.15, 0.2) is 55.0 Å². The molecule has 0 fully saturated rings. The molecule has 0 atom stereocenters. The van der Waals surface area contributed by atoms with Crippen molar-refractivity contribution >= 4 is 62.3 Å². The number of carbonyl (C=O) groups is 1. The average Bonchev–Trinajstić information content (AvgIpc) is 3.53. The number of hydrogen-bond donors (Lipinski definition) is 1. The van der Waals surface area contributed by atoms with Gasteiger partial charge in [0.05, 0.1) is 44.5 Å². The minimum absolute atomic E-state index is 0.130. The third-order valence-corrected chi connectivity index (χ3v) is 5.92. The Kier molecular flexibility index (Phi) is 5.24. The monoisotopic (exact) mass is 500 g/mol. The van der Waals surface area contributed by atoms with Crippen LogP contribution in [-0.2, 0) is 0 Å². The summed E-state index contributed by atoms with van der Waals surface area (Å²) in [5, 5.41) is 23.3. The Morgan fingerprint density at radius 2 is 1.94 bits per heavy atom. The SMILES string of the molecule is O=C(Nc1nc(-n2cc(Cl)cn2)nc2c1cnn2-c1cccc(Cl)c1)c1ccc([N+](=O)[O-])s1. The van der Waals surface area contributed by atoms with Gasteiger partial charge in [-0.3, -0.25) is 14.9 Å². The Morgan fingerprint density at radius 3 is 2.64 bits per heavy atom. The summed E-state index contributed by atoms with van der Waals surface area (Å²) in [6.45, 7) is 0. The molecule has 0 radical (unpaired) electrons. The smallest absolute Gasteiger partial charge is 0.305 e. The third kappa shape index (κ3) is 4.02. The normalized spacial score (nSPS) is 11.1. The van der Waals surface area contributed by atoms with E-state index in [9.17, 15) is 14.9 Å². The van der Waals surface area contributed by atoms with E-state index in [1.807, 2.05) is 0 Å². The Hall–Kier alpha value is -3.87. The van der Waals surface area contributed by atoms with Crippen LogP contribution >= 0.6 is 34.5 Å². The highest BCUT2D eigenvalue weighted by Crippen LogP contribution is 2.28. The largest absolute Gasteiger partial charge is 0.324 e. The molecular weight excluding hydrogens is 491 g/mol. The van der Waals surface area contributed by atoms with E-state index in [1.54, 1.807) is 28.9 Å². The second-order valence-electron chi connectivity index (χ2n) is 6.60. The molecule has 1 N–H and O–H groups in total. The maximum Gasteiger partial charge on any atom is 0.324 e. The number of benzene rings is 1. The number of nitrogens with zero attached hydrogens (tertiary/aromatic N) is 7. The highest BCUT2D eigenvalue weighted by molar-refractivity contribution is 7.17. The summed E-state index contributed by atoms with van der Waals surface area (Å²) in [4.78, 5) is 32.3. The molecular formula is C19H10Cl2N8O3S. The molecule has 1 amide bonds. The number of amides is 1. The molecule has 5 rings (SSSR count). The molecule has 0 saturated carbocycles. The molecule has 4 aromatic heterocycles. The first-order valence-corrected chi connectivity index (χ1v) is 10.7. The van der Waals surface area contributed by atoms with Crippen molar-refractivity contribution in [2.24, 2.45) is 0 Å². The van der Waals surface area contributed by atoms with E-state index in [1.165, 1.54) is 35.4 Å². The van der Waals surface area contributed by atoms with E-state index in [4.69, 9.17) is 23.2 Å². The topological polar surface area (TPSA) is 134 Å². The molecule has 1 aromatic carbocycles. The molecule has 0 unspecified atom stereocenters. The zero-order valence-electron chi connectivity index (χ0n) is 16.2. The summed E-state index contributed by atoms with van der Waals surface area (Å²) in [7, 11) is 0. The Bertz CT molecular complexity index is 1540. The van der Waals surface area contributed by atoms with Gasteiger partial charge < -0.3 is 5.32 Å². The molecule has 0 aliphatic carbocycles. The van der Waals surface area contributed by atoms with Crippen molar-refractivity contribution in [1.29, 1.82) is 0 Å². The summed E-state index contributed by atoms with van der Waals surface area (Å²) < 4.78 is 2.89. The zero-order valence-corrected chi connectivity index (χ0v) is 18.5. The lowest BCUT2D eigenvalue weighted by Crippen LogP contribution is -2.14. The van der Waals surface area contributed by atoms with Gasteiger partial charge in [0.2, 0.25) is 0 Å². The van der Waals surface area contributed by atoms with Crippen LogP contribution in [0.2, 0.25) is 10.0 Å². The number of nitrogens with one attached hydrogen (secondary N) is 1. The van der Waals surface area contributed by atoms with Crippen LogP contribution in [0.5, 0.6) is 0 Å². The number of halogens is 2. The van der Waals surface area contributed by atoms with Gasteiger partial charge in [0.25, 0.3) is 11.9 Å². The molecule has 33 heavy (non-hydrogen) atoms. The number of thiophene rings is 1. The molecule has 0 spiro atoms. The van der Waals surface area contributed by atoms with Crippen molar-refractivity contribution in [1.82, 2.24) is 29.5 Å². The number of hydrogen-bond acceptors (Lipinski definition) is 8. The van der Waals surface area contributed by atoms with Crippen molar-refractivity contribution in [3.8, 4) is 11.6 Å². The van der Waals surface area contributed by atoms with Crippen molar-refractivity contribution in [2.75, 3.05) is 5.32 Å². The van der Waals surface area contributed by atoms with E-state index in [-0.39, 0.29) is 21.6 Å². The van der Waals surface area contributed by atoms with Crippen LogP contribution in [-0.4, -0.2) is 40.4 Å². The van der Waals surface area contributed by atoms with Gasteiger partial charge in [0, 0.05) is 11.1 Å². The minimum atomic E-state index is -0.562. The molecule has 0 bridgehead atoms. The number of fused-ring (bicyclic) bond motifs is 1. The van der Waals surface area contributed by atoms with Gasteiger partial charge in [-0.1, -0.05) is 40.6 Å². The highest BCUT2D eigenvalue weighted by Gasteiger charge is 2.20. The van der Waals surface area contributed by atoms with Gasteiger partial charge in [-0.25, -0.2) is 9.36 Å². The van der Waals surface area contributed by atoms with Crippen LogP contribution < -0.4 is 5.32 Å². The average molecular weight is 501 g/mol. The lowest BCUT2D eigenvalue weighted by atomic mass is 10.3. The van der Waals surface area contributed by atoms with Crippen LogP contribution in [0, 0.1) is 10.1 Å². The van der Waals surface area contributed by atoms with Crippen molar-refractivity contribution in [2.45, 2.75) is 0 Å². The fourth-order valence-electron chi connectivity index (χ4n) is 3.02. The van der Waals surface area contributed by atoms with Gasteiger partial charge in [-0.05, 0) is 24.3 Å². The van der Waals surface area contributed by atoms with Gasteiger partial charge in [-0.15, -0.1) is 0 Å². The molecule has 0 aliphatic heterocycles. The molecule has 5 aromatic rings. The lowest BCUT2D eigenvalue weighted by Gasteiger charge is -2.09. The van der Waals surface area contributed by atoms with Gasteiger partial charge in [0.1, 0.15) is 5.82 Å².